The van der Waals surface area contributed by atoms with E-state index in [9.17, 15) is 47.5 Å². The van der Waals surface area contributed by atoms with Crippen molar-refractivity contribution in [3.05, 3.63) is 71.9 Å². The fourth-order valence-electron chi connectivity index (χ4n) is 4.85. The first-order valence-corrected chi connectivity index (χ1v) is 25.6. The highest BCUT2D eigenvalue weighted by Crippen LogP contribution is 2.48. The van der Waals surface area contributed by atoms with Gasteiger partial charge in [0.2, 0.25) is 11.8 Å². The third kappa shape index (κ3) is 30.7. The second-order valence-electron chi connectivity index (χ2n) is 13.4. The molecule has 0 saturated heterocycles. The first kappa shape index (κ1) is 62.5. The van der Waals surface area contributed by atoms with Gasteiger partial charge in [0.1, 0.15) is 0 Å². The maximum atomic E-state index is 13.0. The van der Waals surface area contributed by atoms with Gasteiger partial charge in [-0.3, -0.25) is 59.0 Å². The number of hydrogen-bond donors (Lipinski definition) is 9. The van der Waals surface area contributed by atoms with Gasteiger partial charge in [0, 0.05) is 72.9 Å². The number of carbonyl (C=O) groups excluding carboxylic acids is 6. The van der Waals surface area contributed by atoms with Gasteiger partial charge in [-0.15, -0.1) is 18.2 Å². The highest BCUT2D eigenvalue weighted by molar-refractivity contribution is 8.02. The maximum Gasteiger partial charge on any atom is 0.367 e. The summed E-state index contributed by atoms with van der Waals surface area (Å²) in [6.45, 7) is 4.34. The molecule has 6 atom stereocenters. The van der Waals surface area contributed by atoms with Crippen molar-refractivity contribution in [1.82, 2.24) is 10.6 Å². The van der Waals surface area contributed by atoms with Crippen molar-refractivity contribution < 1.29 is 76.2 Å². The maximum absolute atomic E-state index is 13.0. The SMILES string of the molecule is C#CP(=O)(Nc1ccccc1)OCC.CCOP(=O)(/C=C\SC[C@H](NC(=O)CC[C@H](N)OC=O)C(=O)CCC(=O)O)Nc1ccccc1.N[C@@H](CCC(=O)N[C@@H](CS)C(=O)CCC(=O)O)OC=O. The van der Waals surface area contributed by atoms with Crippen LogP contribution in [0.5, 0.6) is 0 Å². The number of anilines is 2. The molecule has 0 aliphatic rings. The Morgan fingerprint density at radius 3 is 1.57 bits per heavy atom. The molecule has 0 fully saturated rings. The number of Topliss-reactive ketones (excluding diaryl/α,β-unsaturated/α-hetero) is 2. The average molecular weight is 1030 g/mol. The van der Waals surface area contributed by atoms with Gasteiger partial charge in [0.25, 0.3) is 12.9 Å². The number of carboxylic acids is 2. The van der Waals surface area contributed by atoms with Crippen molar-refractivity contribution in [3.63, 3.8) is 0 Å². The number of benzene rings is 2. The fraction of sp³-hybridized carbons (Fsp3) is 0.429. The second kappa shape index (κ2) is 36.5. The average Bonchev–Trinajstić information content (AvgIpc) is 3.30. The molecule has 2 unspecified atom stereocenters. The molecule has 0 spiro atoms. The fourth-order valence-corrected chi connectivity index (χ4v) is 8.88. The van der Waals surface area contributed by atoms with Gasteiger partial charge in [-0.25, -0.2) is 0 Å². The number of thiol groups is 1. The van der Waals surface area contributed by atoms with Crippen molar-refractivity contribution in [2.24, 2.45) is 11.5 Å². The van der Waals surface area contributed by atoms with Crippen LogP contribution in [0.25, 0.3) is 0 Å². The highest BCUT2D eigenvalue weighted by Gasteiger charge is 2.24. The smallest absolute Gasteiger partial charge is 0.367 e. The molecule has 0 aromatic heterocycles. The molecule has 2 aromatic rings. The summed E-state index contributed by atoms with van der Waals surface area (Å²) in [6, 6.07) is 16.1. The van der Waals surface area contributed by atoms with E-state index in [-0.39, 0.29) is 82.4 Å². The molecule has 22 nitrogen and oxygen atoms in total. The zero-order valence-corrected chi connectivity index (χ0v) is 41.0. The van der Waals surface area contributed by atoms with Crippen LogP contribution in [-0.2, 0) is 66.0 Å². The van der Waals surface area contributed by atoms with Crippen LogP contribution in [0.4, 0.5) is 11.4 Å². The number of para-hydroxylation sites is 2. The Labute approximate surface area is 404 Å². The van der Waals surface area contributed by atoms with Gasteiger partial charge < -0.3 is 49.5 Å². The van der Waals surface area contributed by atoms with Crippen LogP contribution in [-0.4, -0.2) is 108 Å². The summed E-state index contributed by atoms with van der Waals surface area (Å²) in [5.74, 6) is -2.51. The summed E-state index contributed by atoms with van der Waals surface area (Å²) in [5, 5.41) is 29.4. The number of amides is 2. The minimum Gasteiger partial charge on any atom is -0.481 e. The van der Waals surface area contributed by atoms with E-state index in [4.69, 9.17) is 37.2 Å². The summed E-state index contributed by atoms with van der Waals surface area (Å²) in [7, 11) is -6.51. The van der Waals surface area contributed by atoms with E-state index in [0.29, 0.717) is 18.0 Å². The largest absolute Gasteiger partial charge is 0.481 e. The molecule has 0 saturated carbocycles. The lowest BCUT2D eigenvalue weighted by Crippen LogP contribution is -2.43. The molecule has 2 aromatic carbocycles. The number of carboxylic acid groups (broad SMARTS) is 2. The van der Waals surface area contributed by atoms with E-state index in [0.717, 1.165) is 11.8 Å². The molecule has 2 amide bonds. The number of nitrogens with two attached hydrogens (primary N) is 2. The van der Waals surface area contributed by atoms with Crippen LogP contribution in [0.2, 0.25) is 0 Å². The topological polar surface area (TPSA) is 348 Å². The van der Waals surface area contributed by atoms with Crippen LogP contribution >= 0.6 is 39.4 Å². The van der Waals surface area contributed by atoms with Crippen LogP contribution in [0.3, 0.4) is 0 Å². The lowest BCUT2D eigenvalue weighted by molar-refractivity contribution is -0.139. The number of ether oxygens (including phenoxy) is 2. The number of rotatable bonds is 33. The molecule has 68 heavy (non-hydrogen) atoms. The predicted octanol–water partition coefficient (Wildman–Crippen LogP) is 4.68. The van der Waals surface area contributed by atoms with Crippen molar-refractivity contribution in [2.75, 3.05) is 34.9 Å². The minimum absolute atomic E-state index is 0.0223. The third-order valence-corrected chi connectivity index (χ3v) is 12.8. The van der Waals surface area contributed by atoms with E-state index in [1.54, 1.807) is 50.2 Å². The van der Waals surface area contributed by atoms with E-state index in [2.05, 4.69) is 48.6 Å². The predicted molar refractivity (Wildman–Crippen MR) is 259 cm³/mol. The third-order valence-electron chi connectivity index (χ3n) is 8.10. The summed E-state index contributed by atoms with van der Waals surface area (Å²) < 4.78 is 44.1. The Balaban J connectivity index is 0.00000111. The van der Waals surface area contributed by atoms with Gasteiger partial charge in [-0.05, 0) is 43.5 Å². The number of aliphatic carboxylic acids is 2. The summed E-state index contributed by atoms with van der Waals surface area (Å²) >= 11 is 5.05. The number of thioether (sulfide) groups is 1. The lowest BCUT2D eigenvalue weighted by Gasteiger charge is -2.18. The van der Waals surface area contributed by atoms with Gasteiger partial charge in [-0.2, -0.15) is 12.6 Å². The van der Waals surface area contributed by atoms with Crippen molar-refractivity contribution in [1.29, 1.82) is 0 Å². The molecular weight excluding hydrogens is 971 g/mol. The van der Waals surface area contributed by atoms with Gasteiger partial charge in [0.05, 0.1) is 38.1 Å². The molecule has 2 rings (SSSR count). The Kier molecular flexibility index (Phi) is 33.6. The van der Waals surface area contributed by atoms with Crippen LogP contribution < -0.4 is 32.3 Å². The molecule has 0 aliphatic carbocycles. The molecule has 10 N–H and O–H groups in total. The molecular formula is C42H60N6O16P2S2. The number of ketones is 2. The normalized spacial score (nSPS) is 14.0. The molecule has 376 valence electrons. The Bertz CT molecular complexity index is 2050. The first-order chi connectivity index (χ1) is 32.3. The van der Waals surface area contributed by atoms with Crippen LogP contribution in [0.15, 0.2) is 71.9 Å². The van der Waals surface area contributed by atoms with Crippen molar-refractivity contribution in [3.8, 4) is 12.1 Å². The van der Waals surface area contributed by atoms with Gasteiger partial charge >= 0.3 is 27.0 Å². The standard InChI is InChI=1S/C21H30N3O8PS.C11H18N2O6S.C10H12NO2P/c1-2-32-33(30,24-16-6-4-3-5-7-16)12-13-34-14-17(18(26)8-11-21(28)29)23-20(27)10-9-19(22)31-15-25;12-9(19-6-14)2-3-10(16)13-7(5-20)8(15)1-4-11(17)18;1-3-13-14(12,4-2)11-10-8-6-5-7-9-10/h3-7,12-13,15,17,19H,2,8-11,14,22H2,1H3,(H,23,27)(H,24,30)(H,28,29);6-7,9,20H,1-5,12H2,(H,13,16)(H,17,18);2,5-9H,3H2,1H3,(H,11,12)/b13-12-;;/t17-,19+,33?;7-,9+;/m00./s1. The number of nitrogens with one attached hydrogen (secondary N) is 4. The molecule has 0 radical (unpaired) electrons. The molecule has 0 bridgehead atoms. The van der Waals surface area contributed by atoms with Crippen LogP contribution in [0, 0.1) is 12.1 Å². The second-order valence-corrected chi connectivity index (χ2v) is 18.6. The zero-order valence-electron chi connectivity index (χ0n) is 37.5. The quantitative estimate of drug-likeness (QED) is 0.0154. The Morgan fingerprint density at radius 1 is 0.721 bits per heavy atom. The molecule has 26 heteroatoms. The first-order valence-electron chi connectivity index (χ1n) is 20.6. The van der Waals surface area contributed by atoms with Gasteiger partial charge in [0.15, 0.2) is 24.0 Å². The molecule has 0 heterocycles. The number of carbonyl (C=O) groups is 8. The van der Waals surface area contributed by atoms with Crippen LogP contribution in [0.1, 0.15) is 65.2 Å². The summed E-state index contributed by atoms with van der Waals surface area (Å²) in [5.41, 5.74) is 14.3. The van der Waals surface area contributed by atoms with Gasteiger partial charge in [-0.1, -0.05) is 36.4 Å². The summed E-state index contributed by atoms with van der Waals surface area (Å²) in [6.07, 6.45) is 2.26. The van der Waals surface area contributed by atoms with E-state index in [1.165, 1.54) is 11.2 Å². The minimum atomic E-state index is -3.36. The highest BCUT2D eigenvalue weighted by atomic mass is 32.2. The number of hydrogen-bond acceptors (Lipinski definition) is 18. The van der Waals surface area contributed by atoms with E-state index < -0.39 is 74.9 Å². The van der Waals surface area contributed by atoms with E-state index >= 15 is 0 Å². The van der Waals surface area contributed by atoms with Crippen molar-refractivity contribution >= 4 is 99.1 Å². The van der Waals surface area contributed by atoms with Crippen molar-refractivity contribution in [2.45, 2.75) is 89.8 Å². The lowest BCUT2D eigenvalue weighted by atomic mass is 10.1. The Hall–Kier alpha value is -5.50. The number of terminal acetylenes is 1. The molecule has 0 aliphatic heterocycles. The van der Waals surface area contributed by atoms with E-state index in [1.807, 2.05) is 24.3 Å². The Morgan fingerprint density at radius 2 is 1.16 bits per heavy atom. The monoisotopic (exact) mass is 1030 g/mol. The zero-order chi connectivity index (χ0) is 51.4. The summed E-state index contributed by atoms with van der Waals surface area (Å²) in [4.78, 5) is 89.3.